The summed E-state index contributed by atoms with van der Waals surface area (Å²) < 4.78 is 39.8. The van der Waals surface area contributed by atoms with Crippen molar-refractivity contribution in [2.24, 2.45) is 17.6 Å². The number of nitrogens with two attached hydrogens (primary N) is 1. The minimum absolute atomic E-state index is 0.0705. The van der Waals surface area contributed by atoms with Gasteiger partial charge in [-0.3, -0.25) is 4.79 Å². The number of nitriles is 1. The number of sulfone groups is 1. The van der Waals surface area contributed by atoms with Crippen LogP contribution in [0.3, 0.4) is 0 Å². The molecule has 2 atom stereocenters. The molecule has 1 aromatic carbocycles. The van der Waals surface area contributed by atoms with Crippen LogP contribution in [0, 0.1) is 29.0 Å². The van der Waals surface area contributed by atoms with Crippen molar-refractivity contribution in [2.75, 3.05) is 24.6 Å². The van der Waals surface area contributed by atoms with Crippen molar-refractivity contribution in [2.45, 2.75) is 35.5 Å². The number of halogens is 1. The molecular formula is C18H24FN3O3S2. The van der Waals surface area contributed by atoms with Gasteiger partial charge in [-0.1, -0.05) is 12.8 Å². The lowest BCUT2D eigenvalue weighted by atomic mass is 9.80. The van der Waals surface area contributed by atoms with Gasteiger partial charge in [-0.2, -0.15) is 5.26 Å². The van der Waals surface area contributed by atoms with Crippen molar-refractivity contribution in [3.63, 3.8) is 0 Å². The fraction of sp³-hybridized carbons (Fsp3) is 0.556. The Balaban J connectivity index is 2.14. The van der Waals surface area contributed by atoms with Crippen LogP contribution in [-0.4, -0.2) is 38.9 Å². The summed E-state index contributed by atoms with van der Waals surface area (Å²) in [4.78, 5) is 12.6. The molecule has 1 aliphatic rings. The first-order valence-corrected chi connectivity index (χ1v) is 11.5. The number of carbonyl (C=O) groups excluding carboxylic acids is 1. The van der Waals surface area contributed by atoms with Crippen LogP contribution in [0.5, 0.6) is 0 Å². The normalized spacial score (nSPS) is 20.0. The zero-order chi connectivity index (χ0) is 19.9. The molecule has 0 radical (unpaired) electrons. The van der Waals surface area contributed by atoms with Crippen LogP contribution in [-0.2, 0) is 14.6 Å². The zero-order valence-corrected chi connectivity index (χ0v) is 16.6. The van der Waals surface area contributed by atoms with E-state index in [-0.39, 0.29) is 29.0 Å². The molecule has 27 heavy (non-hydrogen) atoms. The number of nitrogens with zero attached hydrogens (tertiary/aromatic N) is 1. The highest BCUT2D eigenvalue weighted by molar-refractivity contribution is 7.99. The Labute approximate surface area is 163 Å². The van der Waals surface area contributed by atoms with Crippen molar-refractivity contribution < 1.29 is 17.6 Å². The van der Waals surface area contributed by atoms with E-state index in [1.54, 1.807) is 0 Å². The molecule has 0 heterocycles. The summed E-state index contributed by atoms with van der Waals surface area (Å²) in [5, 5.41) is 11.1. The largest absolute Gasteiger partial charge is 0.343 e. The SMILES string of the molecule is N#CCNC(=O)[C@H]1CCCC[C@@H]1CS(=O)(=O)c1ccc(SCCN)c(F)c1. The molecule has 1 amide bonds. The quantitative estimate of drug-likeness (QED) is 0.498. The number of amides is 1. The fourth-order valence-corrected chi connectivity index (χ4v) is 5.76. The average molecular weight is 414 g/mol. The van der Waals surface area contributed by atoms with E-state index in [2.05, 4.69) is 5.32 Å². The lowest BCUT2D eigenvalue weighted by Crippen LogP contribution is -2.39. The topological polar surface area (TPSA) is 113 Å². The fourth-order valence-electron chi connectivity index (χ4n) is 3.35. The molecule has 148 valence electrons. The molecule has 6 nitrogen and oxygen atoms in total. The maximum Gasteiger partial charge on any atom is 0.224 e. The van der Waals surface area contributed by atoms with Gasteiger partial charge in [0.25, 0.3) is 0 Å². The van der Waals surface area contributed by atoms with Gasteiger partial charge in [0, 0.05) is 23.1 Å². The molecule has 0 spiro atoms. The summed E-state index contributed by atoms with van der Waals surface area (Å²) in [6.07, 6.45) is 2.92. The number of nitrogens with one attached hydrogen (secondary N) is 1. The third-order valence-corrected chi connectivity index (χ3v) is 7.58. The molecule has 0 aromatic heterocycles. The Bertz CT molecular complexity index is 809. The highest BCUT2D eigenvalue weighted by atomic mass is 32.2. The summed E-state index contributed by atoms with van der Waals surface area (Å²) in [5.74, 6) is -1.29. The first kappa shape index (κ1) is 21.7. The maximum atomic E-state index is 14.2. The summed E-state index contributed by atoms with van der Waals surface area (Å²) >= 11 is 1.24. The minimum Gasteiger partial charge on any atom is -0.343 e. The minimum atomic E-state index is -3.73. The Kier molecular flexibility index (Phi) is 8.07. The van der Waals surface area contributed by atoms with Gasteiger partial charge in [0.2, 0.25) is 5.91 Å². The third kappa shape index (κ3) is 5.92. The average Bonchev–Trinajstić information content (AvgIpc) is 2.65. The van der Waals surface area contributed by atoms with Crippen LogP contribution in [0.25, 0.3) is 0 Å². The second-order valence-corrected chi connectivity index (χ2v) is 9.71. The molecule has 1 aliphatic carbocycles. The summed E-state index contributed by atoms with van der Waals surface area (Å²) in [6.45, 7) is 0.309. The summed E-state index contributed by atoms with van der Waals surface area (Å²) in [5.41, 5.74) is 5.41. The summed E-state index contributed by atoms with van der Waals surface area (Å²) in [7, 11) is -3.73. The van der Waals surface area contributed by atoms with Crippen molar-refractivity contribution in [3.05, 3.63) is 24.0 Å². The van der Waals surface area contributed by atoms with Crippen molar-refractivity contribution in [1.29, 1.82) is 5.26 Å². The van der Waals surface area contributed by atoms with E-state index in [1.807, 2.05) is 6.07 Å². The van der Waals surface area contributed by atoms with Crippen molar-refractivity contribution >= 4 is 27.5 Å². The first-order valence-electron chi connectivity index (χ1n) is 8.89. The van der Waals surface area contributed by atoms with E-state index in [9.17, 15) is 17.6 Å². The molecule has 3 N–H and O–H groups in total. The Hall–Kier alpha value is -1.63. The van der Waals surface area contributed by atoms with Crippen LogP contribution in [0.15, 0.2) is 28.0 Å². The van der Waals surface area contributed by atoms with Gasteiger partial charge < -0.3 is 11.1 Å². The molecule has 0 saturated heterocycles. The van der Waals surface area contributed by atoms with E-state index in [1.165, 1.54) is 23.9 Å². The number of benzene rings is 1. The van der Waals surface area contributed by atoms with E-state index in [0.717, 1.165) is 18.9 Å². The number of hydrogen-bond acceptors (Lipinski definition) is 6. The smallest absolute Gasteiger partial charge is 0.224 e. The third-order valence-electron chi connectivity index (χ3n) is 4.66. The predicted molar refractivity (Wildman–Crippen MR) is 102 cm³/mol. The molecule has 9 heteroatoms. The van der Waals surface area contributed by atoms with E-state index in [4.69, 9.17) is 11.0 Å². The Morgan fingerprint density at radius 3 is 2.78 bits per heavy atom. The molecule has 0 bridgehead atoms. The van der Waals surface area contributed by atoms with Crippen LogP contribution in [0.1, 0.15) is 25.7 Å². The number of hydrogen-bond donors (Lipinski definition) is 2. The number of rotatable bonds is 8. The first-order chi connectivity index (χ1) is 12.9. The second-order valence-electron chi connectivity index (χ2n) is 6.54. The van der Waals surface area contributed by atoms with Crippen LogP contribution >= 0.6 is 11.8 Å². The predicted octanol–water partition coefficient (Wildman–Crippen LogP) is 2.10. The molecule has 2 rings (SSSR count). The molecule has 1 fully saturated rings. The van der Waals surface area contributed by atoms with Crippen molar-refractivity contribution in [3.8, 4) is 6.07 Å². The van der Waals surface area contributed by atoms with E-state index >= 15 is 0 Å². The van der Waals surface area contributed by atoms with Gasteiger partial charge in [-0.15, -0.1) is 11.8 Å². The van der Waals surface area contributed by atoms with Gasteiger partial charge in [0.1, 0.15) is 12.4 Å². The molecule has 1 saturated carbocycles. The van der Waals surface area contributed by atoms with Crippen LogP contribution in [0.4, 0.5) is 4.39 Å². The van der Waals surface area contributed by atoms with Crippen LogP contribution < -0.4 is 11.1 Å². The lowest BCUT2D eigenvalue weighted by molar-refractivity contribution is -0.127. The molecular weight excluding hydrogens is 389 g/mol. The maximum absolute atomic E-state index is 14.2. The summed E-state index contributed by atoms with van der Waals surface area (Å²) in [6, 6.07) is 5.76. The van der Waals surface area contributed by atoms with Crippen molar-refractivity contribution in [1.82, 2.24) is 5.32 Å². The highest BCUT2D eigenvalue weighted by Gasteiger charge is 2.34. The second kappa shape index (κ2) is 10.1. The number of thioether (sulfide) groups is 1. The Morgan fingerprint density at radius 1 is 1.37 bits per heavy atom. The van der Waals surface area contributed by atoms with Gasteiger partial charge in [0.05, 0.1) is 16.7 Å². The van der Waals surface area contributed by atoms with Gasteiger partial charge in [-0.25, -0.2) is 12.8 Å². The molecule has 0 unspecified atom stereocenters. The monoisotopic (exact) mass is 413 g/mol. The number of carbonyl (C=O) groups is 1. The van der Waals surface area contributed by atoms with Gasteiger partial charge in [-0.05, 0) is 37.0 Å². The van der Waals surface area contributed by atoms with Gasteiger partial charge >= 0.3 is 0 Å². The van der Waals surface area contributed by atoms with Gasteiger partial charge in [0.15, 0.2) is 9.84 Å². The highest BCUT2D eigenvalue weighted by Crippen LogP contribution is 2.33. The van der Waals surface area contributed by atoms with E-state index < -0.39 is 21.6 Å². The van der Waals surface area contributed by atoms with Crippen LogP contribution in [0.2, 0.25) is 0 Å². The zero-order valence-electron chi connectivity index (χ0n) is 15.0. The standard InChI is InChI=1S/C18H24FN3O3S2/c19-16-11-14(5-6-17(16)26-10-8-21)27(24,25)12-13-3-1-2-4-15(13)18(23)22-9-7-20/h5-6,11,13,15H,1-4,8-10,12,21H2,(H,22,23)/t13-,15+/m1/s1. The molecule has 1 aromatic rings. The lowest BCUT2D eigenvalue weighted by Gasteiger charge is -2.30. The van der Waals surface area contributed by atoms with E-state index in [0.29, 0.717) is 30.0 Å². The Morgan fingerprint density at radius 2 is 2.11 bits per heavy atom. The molecule has 0 aliphatic heterocycles.